The number of rotatable bonds is 0. The van der Waals surface area contributed by atoms with E-state index in [4.69, 9.17) is 9.90 Å². The molecule has 0 fully saturated rings. The Labute approximate surface area is 29.2 Å². The highest BCUT2D eigenvalue weighted by molar-refractivity contribution is 5.32. The lowest BCUT2D eigenvalue weighted by molar-refractivity contribution is -0.122. The molecule has 0 saturated carbocycles. The summed E-state index contributed by atoms with van der Waals surface area (Å²) in [5.41, 5.74) is 0. The van der Waals surface area contributed by atoms with Gasteiger partial charge in [0.15, 0.2) is 0 Å². The molecule has 0 amide bonds. The minimum Gasteiger partial charge on any atom is -0.483 e. The standard InChI is InChI=1S/CH3F.CH2O2/c1-2;2-1-3/h1H3;1H,(H,2,3). The lowest BCUT2D eigenvalue weighted by Gasteiger charge is -1.34. The molecule has 0 aromatic heterocycles. The molecule has 0 saturated heterocycles. The third kappa shape index (κ3) is 18.5. The summed E-state index contributed by atoms with van der Waals surface area (Å²) in [5.74, 6) is 0. The van der Waals surface area contributed by atoms with Crippen LogP contribution in [0.2, 0.25) is 0 Å². The van der Waals surface area contributed by atoms with E-state index in [0.717, 1.165) is 0 Å². The van der Waals surface area contributed by atoms with Crippen LogP contribution in [0.15, 0.2) is 0 Å². The molecule has 0 bridgehead atoms. The Bertz CT molecular complexity index is 15.1. The van der Waals surface area contributed by atoms with E-state index in [1.807, 2.05) is 0 Å². The Morgan fingerprint density at radius 3 is 1.80 bits per heavy atom. The molecule has 0 radical (unpaired) electrons. The second kappa shape index (κ2) is 122. The number of alkyl halides is 1. The van der Waals surface area contributed by atoms with Crippen molar-refractivity contribution in [1.82, 2.24) is 0 Å². The van der Waals surface area contributed by atoms with E-state index in [0.29, 0.717) is 7.18 Å². The van der Waals surface area contributed by atoms with Crippen molar-refractivity contribution < 1.29 is 14.3 Å². The summed E-state index contributed by atoms with van der Waals surface area (Å²) in [7, 11) is 0.500. The zero-order valence-corrected chi connectivity index (χ0v) is 2.81. The van der Waals surface area contributed by atoms with Gasteiger partial charge in [-0.2, -0.15) is 0 Å². The molecule has 0 atom stereocenters. The molecular formula is C2H5FO2. The van der Waals surface area contributed by atoms with Crippen LogP contribution in [0.3, 0.4) is 0 Å². The largest absolute Gasteiger partial charge is 0.483 e. The van der Waals surface area contributed by atoms with Crippen LogP contribution in [0.4, 0.5) is 4.39 Å². The predicted octanol–water partition coefficient (Wildman–Crippen LogP) is 0.287. The van der Waals surface area contributed by atoms with Crippen LogP contribution in [0.5, 0.6) is 0 Å². The lowest BCUT2D eigenvalue weighted by atomic mass is 11.7. The summed E-state index contributed by atoms with van der Waals surface area (Å²) in [5, 5.41) is 6.89. The van der Waals surface area contributed by atoms with Gasteiger partial charge in [-0.15, -0.1) is 0 Å². The van der Waals surface area contributed by atoms with E-state index in [1.165, 1.54) is 0 Å². The highest BCUT2D eigenvalue weighted by atomic mass is 19.1. The monoisotopic (exact) mass is 80.0 g/mol. The maximum absolute atomic E-state index is 9.50. The Hall–Kier alpha value is -0.600. The first kappa shape index (κ1) is 8.83. The fraction of sp³-hybridized carbons (Fsp3) is 0.500. The van der Waals surface area contributed by atoms with Crippen molar-refractivity contribution in [2.24, 2.45) is 0 Å². The number of hydrogen-bond acceptors (Lipinski definition) is 1. The maximum Gasteiger partial charge on any atom is 0.290 e. The SMILES string of the molecule is CF.O=CO. The van der Waals surface area contributed by atoms with E-state index < -0.39 is 0 Å². The summed E-state index contributed by atoms with van der Waals surface area (Å²) in [6.07, 6.45) is 0. The maximum atomic E-state index is 9.50. The van der Waals surface area contributed by atoms with Crippen LogP contribution in [-0.4, -0.2) is 18.8 Å². The molecule has 0 unspecified atom stereocenters. The van der Waals surface area contributed by atoms with Crippen molar-refractivity contribution in [3.05, 3.63) is 0 Å². The van der Waals surface area contributed by atoms with Gasteiger partial charge in [0.25, 0.3) is 6.47 Å². The number of carbonyl (C=O) groups is 1. The van der Waals surface area contributed by atoms with Crippen molar-refractivity contribution >= 4 is 6.47 Å². The van der Waals surface area contributed by atoms with Gasteiger partial charge in [0.1, 0.15) is 0 Å². The fourth-order valence-electron chi connectivity index (χ4n) is 0. The third-order valence-corrected chi connectivity index (χ3v) is 0. The van der Waals surface area contributed by atoms with Crippen molar-refractivity contribution in [1.29, 1.82) is 0 Å². The summed E-state index contributed by atoms with van der Waals surface area (Å²) in [6.45, 7) is -0.250. The van der Waals surface area contributed by atoms with Gasteiger partial charge >= 0.3 is 0 Å². The molecule has 0 aliphatic rings. The van der Waals surface area contributed by atoms with Crippen molar-refractivity contribution in [2.45, 2.75) is 0 Å². The minimum absolute atomic E-state index is 0.250. The summed E-state index contributed by atoms with van der Waals surface area (Å²) < 4.78 is 9.50. The lowest BCUT2D eigenvalue weighted by Crippen LogP contribution is -1.49. The first-order valence-corrected chi connectivity index (χ1v) is 0.872. The molecule has 0 spiro atoms. The molecule has 5 heavy (non-hydrogen) atoms. The Balaban J connectivity index is 0. The van der Waals surface area contributed by atoms with Crippen LogP contribution in [0, 0.1) is 0 Å². The minimum atomic E-state index is -0.250. The highest BCUT2D eigenvalue weighted by Crippen LogP contribution is 1.16. The second-order valence-corrected chi connectivity index (χ2v) is 0.105. The third-order valence-electron chi connectivity index (χ3n) is 0. The van der Waals surface area contributed by atoms with Gasteiger partial charge in [0.05, 0.1) is 7.18 Å². The molecule has 0 rings (SSSR count). The zero-order chi connectivity index (χ0) is 4.71. The molecule has 0 aliphatic carbocycles. The topological polar surface area (TPSA) is 37.3 Å². The number of carboxylic acid groups (broad SMARTS) is 1. The molecule has 0 heterocycles. The number of hydrogen-bond donors (Lipinski definition) is 1. The summed E-state index contributed by atoms with van der Waals surface area (Å²) >= 11 is 0. The van der Waals surface area contributed by atoms with Gasteiger partial charge in [-0.25, -0.2) is 0 Å². The molecule has 3 heteroatoms. The average molecular weight is 80.1 g/mol. The fourth-order valence-corrected chi connectivity index (χ4v) is 0. The molecule has 0 aromatic carbocycles. The van der Waals surface area contributed by atoms with E-state index in [2.05, 4.69) is 0 Å². The predicted molar refractivity (Wildman–Crippen MR) is 15.7 cm³/mol. The van der Waals surface area contributed by atoms with Crippen LogP contribution in [0.25, 0.3) is 0 Å². The van der Waals surface area contributed by atoms with Crippen molar-refractivity contribution in [2.75, 3.05) is 7.18 Å². The van der Waals surface area contributed by atoms with E-state index >= 15 is 0 Å². The molecule has 1 N–H and O–H groups in total. The Morgan fingerprint density at radius 1 is 1.80 bits per heavy atom. The van der Waals surface area contributed by atoms with Gasteiger partial charge in [0, 0.05) is 0 Å². The number of halogens is 1. The van der Waals surface area contributed by atoms with Crippen molar-refractivity contribution in [3.8, 4) is 0 Å². The van der Waals surface area contributed by atoms with E-state index in [9.17, 15) is 4.39 Å². The molecule has 0 aromatic rings. The summed E-state index contributed by atoms with van der Waals surface area (Å²) in [4.78, 5) is 8.36. The quantitative estimate of drug-likeness (QED) is 0.424. The average Bonchev–Trinajstić information content (AvgIpc) is 1.46. The van der Waals surface area contributed by atoms with Crippen LogP contribution in [0.1, 0.15) is 0 Å². The second-order valence-electron chi connectivity index (χ2n) is 0.105. The normalized spacial score (nSPS) is 3.60. The van der Waals surface area contributed by atoms with Gasteiger partial charge in [-0.3, -0.25) is 9.18 Å². The zero-order valence-electron chi connectivity index (χ0n) is 2.81. The van der Waals surface area contributed by atoms with Gasteiger partial charge in [0.2, 0.25) is 0 Å². The molecule has 0 aliphatic heterocycles. The van der Waals surface area contributed by atoms with E-state index in [1.54, 1.807) is 0 Å². The van der Waals surface area contributed by atoms with Gasteiger partial charge in [-0.1, -0.05) is 0 Å². The highest BCUT2D eigenvalue weighted by Gasteiger charge is 1.22. The van der Waals surface area contributed by atoms with Gasteiger partial charge in [-0.05, 0) is 0 Å². The Kier molecular flexibility index (Phi) is 216. The van der Waals surface area contributed by atoms with E-state index in [-0.39, 0.29) is 6.47 Å². The summed E-state index contributed by atoms with van der Waals surface area (Å²) in [6, 6.07) is 0. The van der Waals surface area contributed by atoms with Crippen LogP contribution < -0.4 is 0 Å². The Morgan fingerprint density at radius 2 is 1.80 bits per heavy atom. The van der Waals surface area contributed by atoms with Crippen LogP contribution in [-0.2, 0) is 4.79 Å². The first-order valence-electron chi connectivity index (χ1n) is 0.872. The van der Waals surface area contributed by atoms with Gasteiger partial charge < -0.3 is 5.11 Å². The first-order chi connectivity index (χ1) is 2.41. The molecule has 32 valence electrons. The van der Waals surface area contributed by atoms with Crippen LogP contribution >= 0.6 is 0 Å². The smallest absolute Gasteiger partial charge is 0.290 e. The molecule has 2 nitrogen and oxygen atoms in total. The molecular weight excluding hydrogens is 75.0 g/mol. The van der Waals surface area contributed by atoms with Crippen molar-refractivity contribution in [3.63, 3.8) is 0 Å².